The zero-order chi connectivity index (χ0) is 15.0. The minimum atomic E-state index is -1.64. The Morgan fingerprint density at radius 2 is 1.38 bits per heavy atom. The Balaban J connectivity index is 1.95. The second-order valence-electron chi connectivity index (χ2n) is 4.81. The van der Waals surface area contributed by atoms with Gasteiger partial charge in [0.15, 0.2) is 0 Å². The molecule has 5 nitrogen and oxygen atoms in total. The summed E-state index contributed by atoms with van der Waals surface area (Å²) < 4.78 is 0. The molecule has 0 aliphatic carbocycles. The average Bonchev–Trinajstić information content (AvgIpc) is 2.73. The lowest BCUT2D eigenvalue weighted by atomic mass is 9.77. The molecule has 1 heterocycles. The van der Waals surface area contributed by atoms with Crippen molar-refractivity contribution in [3.05, 3.63) is 65.2 Å². The number of benzene rings is 2. The van der Waals surface area contributed by atoms with Gasteiger partial charge in [0.25, 0.3) is 11.8 Å². The summed E-state index contributed by atoms with van der Waals surface area (Å²) in [6, 6.07) is 13.2. The maximum atomic E-state index is 12.3. The molecule has 6 heteroatoms. The largest absolute Gasteiger partial charge is 0.488 e. The van der Waals surface area contributed by atoms with Crippen molar-refractivity contribution >= 4 is 24.4 Å². The molecule has 104 valence electrons. The predicted molar refractivity (Wildman–Crippen MR) is 76.9 cm³/mol. The maximum Gasteiger partial charge on any atom is 0.488 e. The van der Waals surface area contributed by atoms with Crippen LogP contribution in [0.1, 0.15) is 26.3 Å². The van der Waals surface area contributed by atoms with Crippen molar-refractivity contribution in [1.82, 2.24) is 4.90 Å². The highest BCUT2D eigenvalue weighted by Gasteiger charge is 2.35. The molecule has 0 saturated carbocycles. The van der Waals surface area contributed by atoms with E-state index in [0.717, 1.165) is 4.90 Å². The summed E-state index contributed by atoms with van der Waals surface area (Å²) >= 11 is 0. The fourth-order valence-corrected chi connectivity index (χ4v) is 2.48. The number of amides is 2. The van der Waals surface area contributed by atoms with Gasteiger partial charge in [0.2, 0.25) is 0 Å². The van der Waals surface area contributed by atoms with Gasteiger partial charge in [-0.1, -0.05) is 36.4 Å². The molecular weight excluding hydrogens is 269 g/mol. The van der Waals surface area contributed by atoms with Crippen molar-refractivity contribution in [2.24, 2.45) is 0 Å². The number of carbonyl (C=O) groups excluding carboxylic acids is 2. The van der Waals surface area contributed by atoms with Crippen molar-refractivity contribution in [1.29, 1.82) is 0 Å². The van der Waals surface area contributed by atoms with Gasteiger partial charge in [-0.2, -0.15) is 0 Å². The van der Waals surface area contributed by atoms with Gasteiger partial charge in [0.05, 0.1) is 17.7 Å². The molecule has 2 aromatic carbocycles. The van der Waals surface area contributed by atoms with Crippen LogP contribution in [0, 0.1) is 0 Å². The van der Waals surface area contributed by atoms with Gasteiger partial charge >= 0.3 is 7.12 Å². The monoisotopic (exact) mass is 281 g/mol. The van der Waals surface area contributed by atoms with E-state index in [2.05, 4.69) is 0 Å². The molecule has 21 heavy (non-hydrogen) atoms. The zero-order valence-corrected chi connectivity index (χ0v) is 11.1. The van der Waals surface area contributed by atoms with Crippen molar-refractivity contribution in [2.45, 2.75) is 6.54 Å². The number of nitrogens with zero attached hydrogens (tertiary/aromatic N) is 1. The lowest BCUT2D eigenvalue weighted by Gasteiger charge is -2.16. The number of imide groups is 1. The van der Waals surface area contributed by atoms with E-state index in [1.54, 1.807) is 48.5 Å². The topological polar surface area (TPSA) is 77.8 Å². The van der Waals surface area contributed by atoms with Crippen LogP contribution in [-0.2, 0) is 6.54 Å². The van der Waals surface area contributed by atoms with Crippen molar-refractivity contribution in [3.63, 3.8) is 0 Å². The van der Waals surface area contributed by atoms with E-state index < -0.39 is 7.12 Å². The molecule has 2 N–H and O–H groups in total. The van der Waals surface area contributed by atoms with Crippen molar-refractivity contribution in [3.8, 4) is 0 Å². The molecule has 0 atom stereocenters. The zero-order valence-electron chi connectivity index (χ0n) is 11.1. The quantitative estimate of drug-likeness (QED) is 0.620. The Morgan fingerprint density at radius 3 is 1.95 bits per heavy atom. The van der Waals surface area contributed by atoms with E-state index in [9.17, 15) is 19.6 Å². The number of hydrogen-bond acceptors (Lipinski definition) is 4. The second-order valence-corrected chi connectivity index (χ2v) is 4.81. The van der Waals surface area contributed by atoms with Gasteiger partial charge in [-0.05, 0) is 23.2 Å². The first-order chi connectivity index (χ1) is 10.1. The second kappa shape index (κ2) is 5.16. The van der Waals surface area contributed by atoms with E-state index >= 15 is 0 Å². The number of fused-ring (bicyclic) bond motifs is 1. The smallest absolute Gasteiger partial charge is 0.423 e. The third-order valence-electron chi connectivity index (χ3n) is 3.54. The van der Waals surface area contributed by atoms with Crippen LogP contribution < -0.4 is 5.46 Å². The Bertz CT molecular complexity index is 694. The number of carbonyl (C=O) groups is 2. The number of rotatable bonds is 3. The predicted octanol–water partition coefficient (Wildman–Crippen LogP) is 0.163. The van der Waals surface area contributed by atoms with Crippen LogP contribution >= 0.6 is 0 Å². The van der Waals surface area contributed by atoms with Crippen LogP contribution in [0.3, 0.4) is 0 Å². The third-order valence-corrected chi connectivity index (χ3v) is 3.54. The maximum absolute atomic E-state index is 12.3. The third kappa shape index (κ3) is 2.24. The Labute approximate surface area is 121 Å². The molecule has 0 spiro atoms. The minimum absolute atomic E-state index is 0.0140. The molecular formula is C15H12BNO4. The fourth-order valence-electron chi connectivity index (χ4n) is 2.48. The van der Waals surface area contributed by atoms with Crippen LogP contribution in [0.15, 0.2) is 48.5 Å². The molecule has 0 unspecified atom stereocenters. The van der Waals surface area contributed by atoms with Gasteiger partial charge < -0.3 is 10.0 Å². The van der Waals surface area contributed by atoms with Crippen LogP contribution in [-0.4, -0.2) is 33.9 Å². The molecule has 0 saturated heterocycles. The summed E-state index contributed by atoms with van der Waals surface area (Å²) in [6.07, 6.45) is 0. The molecule has 1 aliphatic heterocycles. The van der Waals surface area contributed by atoms with Crippen LogP contribution in [0.25, 0.3) is 0 Å². The summed E-state index contributed by atoms with van der Waals surface area (Å²) in [5.74, 6) is -0.726. The first-order valence-corrected chi connectivity index (χ1v) is 6.49. The SMILES string of the molecule is O=C1c2ccccc2C(=O)N1Cc1ccccc1B(O)O. The van der Waals surface area contributed by atoms with Crippen LogP contribution in [0.5, 0.6) is 0 Å². The first kappa shape index (κ1) is 13.5. The Morgan fingerprint density at radius 1 is 0.857 bits per heavy atom. The first-order valence-electron chi connectivity index (χ1n) is 6.49. The van der Waals surface area contributed by atoms with Gasteiger partial charge in [-0.3, -0.25) is 14.5 Å². The molecule has 0 aromatic heterocycles. The van der Waals surface area contributed by atoms with E-state index in [-0.39, 0.29) is 23.8 Å². The van der Waals surface area contributed by atoms with Gasteiger partial charge in [0.1, 0.15) is 0 Å². The average molecular weight is 281 g/mol. The highest BCUT2D eigenvalue weighted by Crippen LogP contribution is 2.23. The summed E-state index contributed by atoms with van der Waals surface area (Å²) in [5.41, 5.74) is 1.57. The summed E-state index contributed by atoms with van der Waals surface area (Å²) in [6.45, 7) is 0.0140. The molecule has 3 rings (SSSR count). The van der Waals surface area contributed by atoms with Gasteiger partial charge in [-0.15, -0.1) is 0 Å². The standard InChI is InChI=1S/C15H12BNO4/c18-14-11-6-2-3-7-12(11)15(19)17(14)9-10-5-1-4-8-13(10)16(20)21/h1-8,20-21H,9H2. The Hall–Kier alpha value is -2.44. The van der Waals surface area contributed by atoms with E-state index in [1.165, 1.54) is 0 Å². The lowest BCUT2D eigenvalue weighted by molar-refractivity contribution is 0.0642. The summed E-state index contributed by atoms with van der Waals surface area (Å²) in [7, 11) is -1.64. The lowest BCUT2D eigenvalue weighted by Crippen LogP contribution is -2.37. The van der Waals surface area contributed by atoms with E-state index in [1.807, 2.05) is 0 Å². The summed E-state index contributed by atoms with van der Waals surface area (Å²) in [5, 5.41) is 18.7. The summed E-state index contributed by atoms with van der Waals surface area (Å²) in [4.78, 5) is 25.7. The highest BCUT2D eigenvalue weighted by atomic mass is 16.4. The molecule has 0 bridgehead atoms. The fraction of sp³-hybridized carbons (Fsp3) is 0.0667. The van der Waals surface area contributed by atoms with Gasteiger partial charge in [0, 0.05) is 0 Å². The van der Waals surface area contributed by atoms with Crippen LogP contribution in [0.2, 0.25) is 0 Å². The van der Waals surface area contributed by atoms with Crippen LogP contribution in [0.4, 0.5) is 0 Å². The van der Waals surface area contributed by atoms with Gasteiger partial charge in [-0.25, -0.2) is 0 Å². The van der Waals surface area contributed by atoms with E-state index in [4.69, 9.17) is 0 Å². The van der Waals surface area contributed by atoms with Crippen molar-refractivity contribution in [2.75, 3.05) is 0 Å². The highest BCUT2D eigenvalue weighted by molar-refractivity contribution is 6.59. The molecule has 0 fully saturated rings. The molecule has 1 aliphatic rings. The minimum Gasteiger partial charge on any atom is -0.423 e. The molecule has 2 aromatic rings. The molecule has 0 radical (unpaired) electrons. The number of hydrogen-bond donors (Lipinski definition) is 2. The van der Waals surface area contributed by atoms with E-state index in [0.29, 0.717) is 16.7 Å². The van der Waals surface area contributed by atoms with Crippen molar-refractivity contribution < 1.29 is 19.6 Å². The molecule has 2 amide bonds. The Kier molecular flexibility index (Phi) is 3.33. The normalized spacial score (nSPS) is 13.5.